The Kier molecular flexibility index (Phi) is 4.91. The first-order valence-electron chi connectivity index (χ1n) is 5.11. The molecule has 0 atom stereocenters. The Balaban J connectivity index is 2.43. The smallest absolute Gasteiger partial charge is 0.260 e. The van der Waals surface area contributed by atoms with Crippen LogP contribution in [-0.2, 0) is 0 Å². The van der Waals surface area contributed by atoms with E-state index in [1.807, 2.05) is 0 Å². The Bertz CT molecular complexity index is 362. The van der Waals surface area contributed by atoms with Crippen molar-refractivity contribution in [1.29, 1.82) is 0 Å². The molecule has 0 spiro atoms. The van der Waals surface area contributed by atoms with Crippen LogP contribution in [0.4, 0.5) is 11.4 Å². The monoisotopic (exact) mass is 222 g/mol. The van der Waals surface area contributed by atoms with Crippen LogP contribution in [0.5, 0.6) is 0 Å². The lowest BCUT2D eigenvalue weighted by Crippen LogP contribution is -1.90. The van der Waals surface area contributed by atoms with Gasteiger partial charge in [0.1, 0.15) is 0 Å². The lowest BCUT2D eigenvalue weighted by atomic mass is 10.3. The Morgan fingerprint density at radius 3 is 2.62 bits per heavy atom. The summed E-state index contributed by atoms with van der Waals surface area (Å²) in [6, 6.07) is 6.03. The van der Waals surface area contributed by atoms with Gasteiger partial charge in [0, 0.05) is 12.1 Å². The van der Waals surface area contributed by atoms with Gasteiger partial charge < -0.3 is 0 Å². The van der Waals surface area contributed by atoms with Crippen LogP contribution in [0.2, 0.25) is 0 Å². The number of nitrogens with one attached hydrogen (secondary N) is 1. The molecular formula is C10H14N4O2. The van der Waals surface area contributed by atoms with Gasteiger partial charge in [0.2, 0.25) is 0 Å². The Labute approximate surface area is 93.5 Å². The Hall–Kier alpha value is -1.98. The summed E-state index contributed by atoms with van der Waals surface area (Å²) in [6.45, 7) is 2.77. The van der Waals surface area contributed by atoms with Gasteiger partial charge in [0.15, 0.2) is 0 Å². The van der Waals surface area contributed by atoms with Gasteiger partial charge in [-0.3, -0.25) is 15.5 Å². The van der Waals surface area contributed by atoms with E-state index in [0.29, 0.717) is 12.2 Å². The zero-order chi connectivity index (χ0) is 11.8. The quantitative estimate of drug-likeness (QED) is 0.347. The van der Waals surface area contributed by atoms with Crippen molar-refractivity contribution < 1.29 is 4.92 Å². The van der Waals surface area contributed by atoms with Crippen LogP contribution in [0, 0.1) is 10.1 Å². The average Bonchev–Trinajstić information content (AvgIpc) is 2.29. The second-order valence-corrected chi connectivity index (χ2v) is 3.23. The number of nitrogens with zero attached hydrogens (tertiary/aromatic N) is 3. The molecular weight excluding hydrogens is 208 g/mol. The molecule has 1 aromatic rings. The first-order valence-corrected chi connectivity index (χ1v) is 5.11. The predicted molar refractivity (Wildman–Crippen MR) is 61.4 cm³/mol. The highest BCUT2D eigenvalue weighted by molar-refractivity contribution is 5.47. The zero-order valence-electron chi connectivity index (χ0n) is 9.09. The van der Waals surface area contributed by atoms with E-state index in [1.165, 1.54) is 12.1 Å². The third-order valence-corrected chi connectivity index (χ3v) is 1.94. The highest BCUT2D eigenvalue weighted by Gasteiger charge is 2.02. The fourth-order valence-electron chi connectivity index (χ4n) is 1.03. The number of nitro groups is 1. The molecule has 6 nitrogen and oxygen atoms in total. The van der Waals surface area contributed by atoms with Crippen molar-refractivity contribution >= 4 is 11.4 Å². The topological polar surface area (TPSA) is 79.9 Å². The molecule has 1 N–H and O–H groups in total. The van der Waals surface area contributed by atoms with Crippen LogP contribution in [0.3, 0.4) is 0 Å². The van der Waals surface area contributed by atoms with Crippen LogP contribution in [0.25, 0.3) is 0 Å². The van der Waals surface area contributed by atoms with E-state index in [4.69, 9.17) is 0 Å². The van der Waals surface area contributed by atoms with E-state index in [9.17, 15) is 10.1 Å². The summed E-state index contributed by atoms with van der Waals surface area (Å²) in [5, 5.41) is 18.0. The van der Waals surface area contributed by atoms with E-state index in [1.54, 1.807) is 12.1 Å². The molecule has 0 aliphatic rings. The number of benzene rings is 1. The molecule has 86 valence electrons. The third kappa shape index (κ3) is 4.04. The fraction of sp³-hybridized carbons (Fsp3) is 0.400. The van der Waals surface area contributed by atoms with E-state index in [0.717, 1.165) is 12.8 Å². The zero-order valence-corrected chi connectivity index (χ0v) is 9.09. The van der Waals surface area contributed by atoms with Gasteiger partial charge in [-0.1, -0.05) is 18.6 Å². The van der Waals surface area contributed by atoms with Crippen LogP contribution in [-0.4, -0.2) is 11.5 Å². The predicted octanol–water partition coefficient (Wildman–Crippen LogP) is 3.17. The van der Waals surface area contributed by atoms with Gasteiger partial charge in [-0.15, -0.1) is 0 Å². The molecule has 0 unspecified atom stereocenters. The van der Waals surface area contributed by atoms with Gasteiger partial charge >= 0.3 is 0 Å². The first-order chi connectivity index (χ1) is 7.74. The van der Waals surface area contributed by atoms with Crippen molar-refractivity contribution in [2.75, 3.05) is 12.0 Å². The highest BCUT2D eigenvalue weighted by Crippen LogP contribution is 2.15. The second-order valence-electron chi connectivity index (χ2n) is 3.23. The van der Waals surface area contributed by atoms with Crippen molar-refractivity contribution in [1.82, 2.24) is 0 Å². The molecule has 1 aromatic carbocycles. The van der Waals surface area contributed by atoms with E-state index >= 15 is 0 Å². The number of nitro benzene ring substituents is 1. The largest absolute Gasteiger partial charge is 0.269 e. The number of rotatable bonds is 6. The van der Waals surface area contributed by atoms with Crippen molar-refractivity contribution in [3.05, 3.63) is 34.4 Å². The molecule has 1 rings (SSSR count). The van der Waals surface area contributed by atoms with Gasteiger partial charge in [-0.25, -0.2) is 0 Å². The SMILES string of the molecule is CCCCN=NNc1ccc([N+](=O)[O-])cc1. The number of hydrogen-bond acceptors (Lipinski definition) is 4. The van der Waals surface area contributed by atoms with Gasteiger partial charge in [-0.2, -0.15) is 5.11 Å². The molecule has 0 radical (unpaired) electrons. The van der Waals surface area contributed by atoms with Crippen LogP contribution in [0.15, 0.2) is 34.6 Å². The maximum Gasteiger partial charge on any atom is 0.269 e. The third-order valence-electron chi connectivity index (χ3n) is 1.94. The van der Waals surface area contributed by atoms with Crippen LogP contribution >= 0.6 is 0 Å². The maximum absolute atomic E-state index is 10.4. The summed E-state index contributed by atoms with van der Waals surface area (Å²) in [5.41, 5.74) is 3.45. The Morgan fingerprint density at radius 2 is 2.06 bits per heavy atom. The molecule has 0 saturated carbocycles. The lowest BCUT2D eigenvalue weighted by Gasteiger charge is -1.97. The standard InChI is InChI=1S/C10H14N4O2/c1-2-3-8-11-13-12-9-4-6-10(7-5-9)14(15)16/h4-7H,2-3,8H2,1H3,(H,11,12). The first kappa shape index (κ1) is 12.1. The summed E-state index contributed by atoms with van der Waals surface area (Å²) in [4.78, 5) is 9.95. The Morgan fingerprint density at radius 1 is 1.38 bits per heavy atom. The van der Waals surface area contributed by atoms with Gasteiger partial charge in [0.25, 0.3) is 5.69 Å². The molecule has 16 heavy (non-hydrogen) atoms. The minimum Gasteiger partial charge on any atom is -0.260 e. The van der Waals surface area contributed by atoms with Gasteiger partial charge in [-0.05, 0) is 18.6 Å². The molecule has 0 fully saturated rings. The summed E-state index contributed by atoms with van der Waals surface area (Å²) < 4.78 is 0. The molecule has 0 saturated heterocycles. The van der Waals surface area contributed by atoms with Crippen LogP contribution in [0.1, 0.15) is 19.8 Å². The van der Waals surface area contributed by atoms with Crippen molar-refractivity contribution in [3.63, 3.8) is 0 Å². The molecule has 0 aliphatic heterocycles. The molecule has 0 aliphatic carbocycles. The fourth-order valence-corrected chi connectivity index (χ4v) is 1.03. The van der Waals surface area contributed by atoms with Gasteiger partial charge in [0.05, 0.1) is 17.2 Å². The number of anilines is 1. The number of non-ortho nitro benzene ring substituents is 1. The second kappa shape index (κ2) is 6.49. The highest BCUT2D eigenvalue weighted by atomic mass is 16.6. The minimum atomic E-state index is -0.438. The van der Waals surface area contributed by atoms with Crippen LogP contribution < -0.4 is 5.43 Å². The summed E-state index contributed by atoms with van der Waals surface area (Å²) in [7, 11) is 0. The van der Waals surface area contributed by atoms with Crippen molar-refractivity contribution in [2.45, 2.75) is 19.8 Å². The van der Waals surface area contributed by atoms with E-state index < -0.39 is 4.92 Å². The maximum atomic E-state index is 10.4. The lowest BCUT2D eigenvalue weighted by molar-refractivity contribution is -0.384. The summed E-state index contributed by atoms with van der Waals surface area (Å²) in [5.74, 6) is 0. The molecule has 6 heteroatoms. The van der Waals surface area contributed by atoms with Crippen molar-refractivity contribution in [3.8, 4) is 0 Å². The van der Waals surface area contributed by atoms with E-state index in [2.05, 4.69) is 22.7 Å². The molecule has 0 bridgehead atoms. The number of unbranched alkanes of at least 4 members (excludes halogenated alkanes) is 1. The summed E-state index contributed by atoms with van der Waals surface area (Å²) >= 11 is 0. The van der Waals surface area contributed by atoms with Crippen molar-refractivity contribution in [2.24, 2.45) is 10.3 Å². The minimum absolute atomic E-state index is 0.0634. The molecule has 0 aromatic heterocycles. The van der Waals surface area contributed by atoms with E-state index in [-0.39, 0.29) is 5.69 Å². The number of hydrogen-bond donors (Lipinski definition) is 1. The average molecular weight is 222 g/mol. The molecule has 0 amide bonds. The normalized spacial score (nSPS) is 10.6. The molecule has 0 heterocycles. The summed E-state index contributed by atoms with van der Waals surface area (Å²) in [6.07, 6.45) is 2.09.